The zero-order valence-corrected chi connectivity index (χ0v) is 12.9. The van der Waals surface area contributed by atoms with Gasteiger partial charge in [0.25, 0.3) is 0 Å². The molecule has 1 aliphatic heterocycles. The Kier molecular flexibility index (Phi) is 4.60. The highest BCUT2D eigenvalue weighted by atomic mass is 16.5. The Bertz CT molecular complexity index is 305. The zero-order chi connectivity index (χ0) is 14.1. The molecule has 0 N–H and O–H groups in total. The Labute approximate surface area is 111 Å². The van der Waals surface area contributed by atoms with Crippen LogP contribution in [-0.4, -0.2) is 29.7 Å². The fraction of sp³-hybridized carbons (Fsp3) is 0.933. The van der Waals surface area contributed by atoms with Crippen LogP contribution in [0.4, 0.5) is 0 Å². The maximum atomic E-state index is 12.7. The number of Topliss-reactive ketones (excluding diaryl/α,β-unsaturated/α-hetero) is 1. The van der Waals surface area contributed by atoms with E-state index in [1.54, 1.807) is 0 Å². The van der Waals surface area contributed by atoms with Crippen molar-refractivity contribution in [3.8, 4) is 0 Å². The Morgan fingerprint density at radius 2 is 1.89 bits per heavy atom. The lowest BCUT2D eigenvalue weighted by atomic mass is 9.80. The molecular weight excluding hydrogens is 228 g/mol. The predicted octanol–water partition coefficient (Wildman–Crippen LogP) is 3.21. The van der Waals surface area contributed by atoms with Crippen molar-refractivity contribution in [1.29, 1.82) is 0 Å². The van der Waals surface area contributed by atoms with Crippen molar-refractivity contribution < 1.29 is 14.3 Å². The van der Waals surface area contributed by atoms with Gasteiger partial charge in [-0.1, -0.05) is 13.8 Å². The quantitative estimate of drug-likeness (QED) is 0.757. The molecule has 1 aliphatic rings. The molecule has 0 aromatic rings. The number of ether oxygens (including phenoxy) is 2. The molecule has 0 aromatic heterocycles. The topological polar surface area (TPSA) is 35.5 Å². The van der Waals surface area contributed by atoms with Gasteiger partial charge < -0.3 is 9.47 Å². The van der Waals surface area contributed by atoms with Gasteiger partial charge in [-0.2, -0.15) is 0 Å². The first-order valence-electron chi connectivity index (χ1n) is 6.96. The van der Waals surface area contributed by atoms with Crippen LogP contribution in [0, 0.1) is 11.8 Å². The van der Waals surface area contributed by atoms with Crippen molar-refractivity contribution in [3.63, 3.8) is 0 Å². The minimum Gasteiger partial charge on any atom is -0.370 e. The Morgan fingerprint density at radius 1 is 1.33 bits per heavy atom. The van der Waals surface area contributed by atoms with Crippen LogP contribution in [0.5, 0.6) is 0 Å². The van der Waals surface area contributed by atoms with Gasteiger partial charge in [-0.3, -0.25) is 4.79 Å². The van der Waals surface area contributed by atoms with Gasteiger partial charge in [-0.05, 0) is 47.0 Å². The number of hydrogen-bond donors (Lipinski definition) is 0. The maximum Gasteiger partial charge on any atom is 0.167 e. The molecule has 2 atom stereocenters. The van der Waals surface area contributed by atoms with Gasteiger partial charge in [0.05, 0.1) is 17.1 Å². The molecule has 1 fully saturated rings. The smallest absolute Gasteiger partial charge is 0.167 e. The highest BCUT2D eigenvalue weighted by Crippen LogP contribution is 2.43. The molecule has 106 valence electrons. The number of carbonyl (C=O) groups is 1. The van der Waals surface area contributed by atoms with Crippen LogP contribution < -0.4 is 0 Å². The van der Waals surface area contributed by atoms with E-state index in [1.807, 2.05) is 48.5 Å². The summed E-state index contributed by atoms with van der Waals surface area (Å²) in [5, 5.41) is 0. The Hall–Kier alpha value is -0.410. The molecule has 1 saturated heterocycles. The van der Waals surface area contributed by atoms with Gasteiger partial charge in [0.1, 0.15) is 6.10 Å². The second kappa shape index (κ2) is 5.30. The molecule has 1 heterocycles. The summed E-state index contributed by atoms with van der Waals surface area (Å²) >= 11 is 0. The fourth-order valence-electron chi connectivity index (χ4n) is 2.99. The van der Waals surface area contributed by atoms with Crippen molar-refractivity contribution in [2.75, 3.05) is 6.61 Å². The van der Waals surface area contributed by atoms with Gasteiger partial charge >= 0.3 is 0 Å². The van der Waals surface area contributed by atoms with Crippen LogP contribution >= 0.6 is 0 Å². The summed E-state index contributed by atoms with van der Waals surface area (Å²) in [7, 11) is 0. The lowest BCUT2D eigenvalue weighted by Crippen LogP contribution is -2.42. The summed E-state index contributed by atoms with van der Waals surface area (Å²) in [5.74, 6) is 0.325. The van der Waals surface area contributed by atoms with Crippen molar-refractivity contribution in [3.05, 3.63) is 0 Å². The van der Waals surface area contributed by atoms with E-state index < -0.39 is 5.60 Å². The largest absolute Gasteiger partial charge is 0.370 e. The van der Waals surface area contributed by atoms with Crippen LogP contribution in [0.3, 0.4) is 0 Å². The highest BCUT2D eigenvalue weighted by Gasteiger charge is 2.50. The molecule has 1 rings (SSSR count). The first-order valence-corrected chi connectivity index (χ1v) is 6.96. The molecule has 0 amide bonds. The minimum atomic E-state index is -0.398. The fourth-order valence-corrected chi connectivity index (χ4v) is 2.99. The van der Waals surface area contributed by atoms with E-state index in [1.165, 1.54) is 0 Å². The van der Waals surface area contributed by atoms with E-state index in [2.05, 4.69) is 0 Å². The molecule has 2 unspecified atom stereocenters. The van der Waals surface area contributed by atoms with E-state index in [4.69, 9.17) is 9.47 Å². The number of rotatable bonds is 5. The van der Waals surface area contributed by atoms with Crippen LogP contribution in [-0.2, 0) is 14.3 Å². The highest BCUT2D eigenvalue weighted by molar-refractivity contribution is 5.87. The summed E-state index contributed by atoms with van der Waals surface area (Å²) in [6, 6.07) is 0. The summed E-state index contributed by atoms with van der Waals surface area (Å²) in [6.07, 6.45) is 0.464. The first kappa shape index (κ1) is 15.6. The van der Waals surface area contributed by atoms with E-state index in [-0.39, 0.29) is 29.3 Å². The predicted molar refractivity (Wildman–Crippen MR) is 72.6 cm³/mol. The molecule has 0 aliphatic carbocycles. The van der Waals surface area contributed by atoms with Crippen molar-refractivity contribution in [2.45, 2.75) is 72.2 Å². The molecule has 0 radical (unpaired) electrons. The Morgan fingerprint density at radius 3 is 2.22 bits per heavy atom. The zero-order valence-electron chi connectivity index (χ0n) is 12.9. The molecule has 3 heteroatoms. The molecule has 0 aromatic carbocycles. The second-order valence-electron chi connectivity index (χ2n) is 6.74. The maximum absolute atomic E-state index is 12.7. The molecule has 3 nitrogen and oxygen atoms in total. The van der Waals surface area contributed by atoms with Crippen LogP contribution in [0.2, 0.25) is 0 Å². The first-order chi connectivity index (χ1) is 8.10. The van der Waals surface area contributed by atoms with E-state index in [0.717, 1.165) is 6.42 Å². The molecule has 0 spiro atoms. The summed E-state index contributed by atoms with van der Waals surface area (Å²) in [5.41, 5.74) is -0.623. The number of carbonyl (C=O) groups excluding carboxylic acids is 1. The molecule has 0 bridgehead atoms. The average Bonchev–Trinajstić information content (AvgIpc) is 2.41. The van der Waals surface area contributed by atoms with E-state index in [0.29, 0.717) is 6.61 Å². The average molecular weight is 256 g/mol. The van der Waals surface area contributed by atoms with Gasteiger partial charge in [-0.15, -0.1) is 0 Å². The van der Waals surface area contributed by atoms with Gasteiger partial charge in [0, 0.05) is 6.61 Å². The molecule has 0 saturated carbocycles. The SMILES string of the molecule is CCOC(C(=O)C1CC(C)(C)OC1(C)C)C(C)C. The van der Waals surface area contributed by atoms with Crippen molar-refractivity contribution in [2.24, 2.45) is 11.8 Å². The van der Waals surface area contributed by atoms with E-state index in [9.17, 15) is 4.79 Å². The standard InChI is InChI=1S/C15H28O3/c1-8-17-13(10(2)3)12(16)11-9-14(4,5)18-15(11,6)7/h10-11,13H,8-9H2,1-7H3. The summed E-state index contributed by atoms with van der Waals surface area (Å²) in [4.78, 5) is 12.7. The minimum absolute atomic E-state index is 0.0774. The third kappa shape index (κ3) is 3.33. The lowest BCUT2D eigenvalue weighted by Gasteiger charge is -2.30. The van der Waals surface area contributed by atoms with Crippen LogP contribution in [0.25, 0.3) is 0 Å². The third-order valence-corrected chi connectivity index (χ3v) is 3.65. The van der Waals surface area contributed by atoms with Gasteiger partial charge in [-0.25, -0.2) is 0 Å². The summed E-state index contributed by atoms with van der Waals surface area (Å²) in [6.45, 7) is 14.7. The molecular formula is C15H28O3. The van der Waals surface area contributed by atoms with Crippen molar-refractivity contribution >= 4 is 5.78 Å². The monoisotopic (exact) mass is 256 g/mol. The molecule has 18 heavy (non-hydrogen) atoms. The van der Waals surface area contributed by atoms with Crippen LogP contribution in [0.15, 0.2) is 0 Å². The number of hydrogen-bond acceptors (Lipinski definition) is 3. The van der Waals surface area contributed by atoms with Crippen LogP contribution in [0.1, 0.15) is 54.9 Å². The van der Waals surface area contributed by atoms with Crippen molar-refractivity contribution in [1.82, 2.24) is 0 Å². The normalized spacial score (nSPS) is 27.4. The second-order valence-corrected chi connectivity index (χ2v) is 6.74. The third-order valence-electron chi connectivity index (χ3n) is 3.65. The number of ketones is 1. The van der Waals surface area contributed by atoms with E-state index >= 15 is 0 Å². The lowest BCUT2D eigenvalue weighted by molar-refractivity contribution is -0.143. The van der Waals surface area contributed by atoms with Gasteiger partial charge in [0.15, 0.2) is 5.78 Å². The Balaban J connectivity index is 2.89. The summed E-state index contributed by atoms with van der Waals surface area (Å²) < 4.78 is 11.6. The van der Waals surface area contributed by atoms with Gasteiger partial charge in [0.2, 0.25) is 0 Å².